The number of ketones is 1. The molecule has 6 heteroatoms. The van der Waals surface area contributed by atoms with Gasteiger partial charge in [-0.25, -0.2) is 4.79 Å². The van der Waals surface area contributed by atoms with Crippen LogP contribution < -0.4 is 0 Å². The molecule has 0 saturated carbocycles. The number of hydrogen-bond donors (Lipinski definition) is 0. The normalized spacial score (nSPS) is 24.1. The van der Waals surface area contributed by atoms with E-state index in [-0.39, 0.29) is 24.0 Å². The predicted molar refractivity (Wildman–Crippen MR) is 97.1 cm³/mol. The number of rotatable bonds is 2. The lowest BCUT2D eigenvalue weighted by Crippen LogP contribution is -2.56. The molecule has 1 aromatic rings. The Labute approximate surface area is 153 Å². The van der Waals surface area contributed by atoms with Gasteiger partial charge in [0.2, 0.25) is 0 Å². The minimum atomic E-state index is -0.491. The quantitative estimate of drug-likeness (QED) is 0.752. The fourth-order valence-electron chi connectivity index (χ4n) is 3.66. The van der Waals surface area contributed by atoms with Gasteiger partial charge >= 0.3 is 6.09 Å². The molecule has 0 N–H and O–H groups in total. The van der Waals surface area contributed by atoms with Crippen LogP contribution in [0.15, 0.2) is 24.3 Å². The maximum atomic E-state index is 12.9. The molecular formula is C19H25ClN2O3. The Kier molecular flexibility index (Phi) is 5.07. The molecule has 2 heterocycles. The van der Waals surface area contributed by atoms with Gasteiger partial charge in [-0.05, 0) is 45.7 Å². The molecule has 1 aromatic carbocycles. The van der Waals surface area contributed by atoms with Gasteiger partial charge in [0.25, 0.3) is 0 Å². The van der Waals surface area contributed by atoms with E-state index in [4.69, 9.17) is 16.3 Å². The Balaban J connectivity index is 1.65. The van der Waals surface area contributed by atoms with Crippen molar-refractivity contribution in [1.82, 2.24) is 9.80 Å². The fourth-order valence-corrected chi connectivity index (χ4v) is 3.85. The van der Waals surface area contributed by atoms with Gasteiger partial charge in [-0.2, -0.15) is 0 Å². The monoisotopic (exact) mass is 364 g/mol. The van der Waals surface area contributed by atoms with E-state index in [0.29, 0.717) is 30.2 Å². The average molecular weight is 365 g/mol. The number of nitrogens with zero attached hydrogens (tertiary/aromatic N) is 2. The minimum absolute atomic E-state index is 0.121. The van der Waals surface area contributed by atoms with Crippen LogP contribution in [-0.4, -0.2) is 59.0 Å². The maximum Gasteiger partial charge on any atom is 0.410 e. The van der Waals surface area contributed by atoms with Gasteiger partial charge < -0.3 is 9.64 Å². The van der Waals surface area contributed by atoms with Crippen molar-refractivity contribution in [2.24, 2.45) is 0 Å². The van der Waals surface area contributed by atoms with Gasteiger partial charge in [0.05, 0.1) is 6.04 Å². The molecule has 2 saturated heterocycles. The Hall–Kier alpha value is -1.59. The number of piperazine rings is 1. The zero-order valence-corrected chi connectivity index (χ0v) is 15.8. The van der Waals surface area contributed by atoms with E-state index >= 15 is 0 Å². The summed E-state index contributed by atoms with van der Waals surface area (Å²) in [5.41, 5.74) is 0.169. The molecule has 25 heavy (non-hydrogen) atoms. The van der Waals surface area contributed by atoms with Crippen LogP contribution in [0.3, 0.4) is 0 Å². The first-order chi connectivity index (χ1) is 11.7. The van der Waals surface area contributed by atoms with Crippen LogP contribution in [0.4, 0.5) is 4.79 Å². The highest BCUT2D eigenvalue weighted by atomic mass is 35.5. The van der Waals surface area contributed by atoms with Crippen LogP contribution in [0.5, 0.6) is 0 Å². The molecule has 2 fully saturated rings. The fraction of sp³-hybridized carbons (Fsp3) is 0.579. The highest BCUT2D eigenvalue weighted by molar-refractivity contribution is 6.31. The lowest BCUT2D eigenvalue weighted by Gasteiger charge is -2.40. The van der Waals surface area contributed by atoms with Crippen LogP contribution in [0.1, 0.15) is 44.0 Å². The lowest BCUT2D eigenvalue weighted by molar-refractivity contribution is 0.00585. The molecule has 0 bridgehead atoms. The van der Waals surface area contributed by atoms with Crippen molar-refractivity contribution < 1.29 is 14.3 Å². The summed E-state index contributed by atoms with van der Waals surface area (Å²) >= 11 is 6.02. The lowest BCUT2D eigenvalue weighted by atomic mass is 10.0. The maximum absolute atomic E-state index is 12.9. The third-order valence-electron chi connectivity index (χ3n) is 4.77. The van der Waals surface area contributed by atoms with Crippen LogP contribution in [0, 0.1) is 0 Å². The molecule has 136 valence electrons. The Bertz CT molecular complexity index is 671. The minimum Gasteiger partial charge on any atom is -0.444 e. The summed E-state index contributed by atoms with van der Waals surface area (Å²) in [6.45, 7) is 7.52. The zero-order chi connectivity index (χ0) is 18.2. The summed E-state index contributed by atoms with van der Waals surface area (Å²) < 4.78 is 5.47. The molecular weight excluding hydrogens is 340 g/mol. The number of benzene rings is 1. The number of carbonyl (C=O) groups excluding carboxylic acids is 2. The third-order valence-corrected chi connectivity index (χ3v) is 5.00. The van der Waals surface area contributed by atoms with Crippen LogP contribution >= 0.6 is 11.6 Å². The Morgan fingerprint density at radius 1 is 1.20 bits per heavy atom. The summed E-state index contributed by atoms with van der Waals surface area (Å²) in [5, 5.41) is 0.579. The molecule has 0 aromatic heterocycles. The molecule has 3 rings (SSSR count). The van der Waals surface area contributed by atoms with Crippen LogP contribution in [0.2, 0.25) is 5.02 Å². The Morgan fingerprint density at radius 3 is 2.64 bits per heavy atom. The zero-order valence-electron chi connectivity index (χ0n) is 15.0. The molecule has 2 aliphatic rings. The summed E-state index contributed by atoms with van der Waals surface area (Å²) in [6, 6.07) is 7.23. The van der Waals surface area contributed by atoms with Gasteiger partial charge in [0, 0.05) is 36.3 Å². The topological polar surface area (TPSA) is 49.9 Å². The number of halogens is 1. The van der Waals surface area contributed by atoms with E-state index in [1.807, 2.05) is 32.9 Å². The van der Waals surface area contributed by atoms with E-state index in [2.05, 4.69) is 4.90 Å². The SMILES string of the molecule is CC(C)(C)OC(=O)N1CCN2[C@@H](CC[C@@H]2C(=O)c2cccc(Cl)c2)C1. The van der Waals surface area contributed by atoms with Crippen molar-refractivity contribution in [3.8, 4) is 0 Å². The van der Waals surface area contributed by atoms with Crippen LogP contribution in [-0.2, 0) is 4.74 Å². The summed E-state index contributed by atoms with van der Waals surface area (Å²) in [4.78, 5) is 29.1. The number of ether oxygens (including phenoxy) is 1. The average Bonchev–Trinajstić information content (AvgIpc) is 2.95. The second-order valence-corrected chi connectivity index (χ2v) is 8.22. The van der Waals surface area contributed by atoms with E-state index < -0.39 is 5.60 Å². The van der Waals surface area contributed by atoms with Crippen molar-refractivity contribution in [2.45, 2.75) is 51.3 Å². The molecule has 2 atom stereocenters. The van der Waals surface area contributed by atoms with Crippen molar-refractivity contribution in [3.63, 3.8) is 0 Å². The number of amides is 1. The van der Waals surface area contributed by atoms with Crippen molar-refractivity contribution in [3.05, 3.63) is 34.9 Å². The summed E-state index contributed by atoms with van der Waals surface area (Å²) in [7, 11) is 0. The van der Waals surface area contributed by atoms with E-state index in [1.165, 1.54) is 0 Å². The highest BCUT2D eigenvalue weighted by Crippen LogP contribution is 2.30. The van der Waals surface area contributed by atoms with Crippen molar-refractivity contribution in [2.75, 3.05) is 19.6 Å². The molecule has 0 radical (unpaired) electrons. The van der Waals surface area contributed by atoms with E-state index in [1.54, 1.807) is 17.0 Å². The molecule has 0 unspecified atom stereocenters. The highest BCUT2D eigenvalue weighted by Gasteiger charge is 2.42. The number of Topliss-reactive ketones (excluding diaryl/α,β-unsaturated/α-hetero) is 1. The third kappa shape index (κ3) is 4.15. The van der Waals surface area contributed by atoms with Crippen molar-refractivity contribution >= 4 is 23.5 Å². The van der Waals surface area contributed by atoms with Gasteiger partial charge in [-0.1, -0.05) is 23.7 Å². The molecule has 5 nitrogen and oxygen atoms in total. The number of hydrogen-bond acceptors (Lipinski definition) is 4. The largest absolute Gasteiger partial charge is 0.444 e. The molecule has 2 aliphatic heterocycles. The van der Waals surface area contributed by atoms with E-state index in [0.717, 1.165) is 12.8 Å². The van der Waals surface area contributed by atoms with Crippen LogP contribution in [0.25, 0.3) is 0 Å². The first-order valence-electron chi connectivity index (χ1n) is 8.78. The molecule has 1 amide bonds. The van der Waals surface area contributed by atoms with Gasteiger partial charge in [-0.15, -0.1) is 0 Å². The van der Waals surface area contributed by atoms with Crippen molar-refractivity contribution in [1.29, 1.82) is 0 Å². The standard InChI is InChI=1S/C19H25ClN2O3/c1-19(2,3)25-18(24)21-9-10-22-15(12-21)7-8-16(22)17(23)13-5-4-6-14(20)11-13/h4-6,11,15-16H,7-10,12H2,1-3H3/t15-,16+/m0/s1. The number of fused-ring (bicyclic) bond motifs is 1. The predicted octanol–water partition coefficient (Wildman–Crippen LogP) is 3.61. The second kappa shape index (κ2) is 6.96. The smallest absolute Gasteiger partial charge is 0.410 e. The first-order valence-corrected chi connectivity index (χ1v) is 9.16. The summed E-state index contributed by atoms with van der Waals surface area (Å²) in [5.74, 6) is 0.121. The second-order valence-electron chi connectivity index (χ2n) is 7.79. The summed E-state index contributed by atoms with van der Waals surface area (Å²) in [6.07, 6.45) is 1.46. The van der Waals surface area contributed by atoms with Gasteiger partial charge in [0.1, 0.15) is 5.60 Å². The van der Waals surface area contributed by atoms with Gasteiger partial charge in [-0.3, -0.25) is 9.69 Å². The molecule has 0 spiro atoms. The molecule has 0 aliphatic carbocycles. The number of carbonyl (C=O) groups is 2. The van der Waals surface area contributed by atoms with E-state index in [9.17, 15) is 9.59 Å². The Morgan fingerprint density at radius 2 is 1.96 bits per heavy atom. The van der Waals surface area contributed by atoms with Gasteiger partial charge in [0.15, 0.2) is 5.78 Å². The first kappa shape index (κ1) is 18.2.